The van der Waals surface area contributed by atoms with Gasteiger partial charge in [0.05, 0.1) is 27.9 Å². The first-order chi connectivity index (χ1) is 20.5. The molecule has 1 aliphatic rings. The van der Waals surface area contributed by atoms with Gasteiger partial charge in [-0.2, -0.15) is 0 Å². The van der Waals surface area contributed by atoms with E-state index in [1.807, 2.05) is 66.7 Å². The van der Waals surface area contributed by atoms with Crippen LogP contribution in [0.15, 0.2) is 84.4 Å². The van der Waals surface area contributed by atoms with Crippen LogP contribution in [0.4, 0.5) is 0 Å². The van der Waals surface area contributed by atoms with Crippen LogP contribution in [0.5, 0.6) is 23.0 Å². The second-order valence-electron chi connectivity index (χ2n) is 9.75. The summed E-state index contributed by atoms with van der Waals surface area (Å²) >= 11 is 0. The van der Waals surface area contributed by atoms with E-state index in [0.717, 1.165) is 11.1 Å². The van der Waals surface area contributed by atoms with Crippen molar-refractivity contribution in [1.29, 1.82) is 0 Å². The summed E-state index contributed by atoms with van der Waals surface area (Å²) in [5, 5.41) is 12.1. The van der Waals surface area contributed by atoms with Gasteiger partial charge in [0, 0.05) is 31.6 Å². The third-order valence-electron chi connectivity index (χ3n) is 7.03. The first-order valence-corrected chi connectivity index (χ1v) is 13.8. The monoisotopic (exact) mass is 574 g/mol. The number of nitrogens with one attached hydrogen (secondary N) is 1. The van der Waals surface area contributed by atoms with E-state index in [0.29, 0.717) is 60.5 Å². The molecule has 9 heteroatoms. The number of hydrogen-bond donors (Lipinski definition) is 2. The van der Waals surface area contributed by atoms with E-state index in [9.17, 15) is 4.79 Å². The molecule has 9 nitrogen and oxygen atoms in total. The molecule has 2 atom stereocenters. The Kier molecular flexibility index (Phi) is 10.4. The summed E-state index contributed by atoms with van der Waals surface area (Å²) in [6, 6.07) is 20.5. The number of aliphatic hydroxyl groups excluding tert-OH is 1. The molecule has 1 aliphatic heterocycles. The van der Waals surface area contributed by atoms with Crippen molar-refractivity contribution < 1.29 is 33.6 Å². The largest absolute Gasteiger partial charge is 0.497 e. The van der Waals surface area contributed by atoms with Crippen molar-refractivity contribution in [3.05, 3.63) is 96.1 Å². The quantitative estimate of drug-likeness (QED) is 0.201. The number of carbonyl (C=O) groups is 1. The number of rotatable bonds is 15. The van der Waals surface area contributed by atoms with Gasteiger partial charge in [-0.25, -0.2) is 4.99 Å². The van der Waals surface area contributed by atoms with Crippen LogP contribution in [0, 0.1) is 0 Å². The molecule has 0 aliphatic carbocycles. The summed E-state index contributed by atoms with van der Waals surface area (Å²) in [5.41, 5.74) is 1.16. The number of aliphatic imine (C=N–C) groups is 1. The fourth-order valence-corrected chi connectivity index (χ4v) is 4.85. The summed E-state index contributed by atoms with van der Waals surface area (Å²) in [5.74, 6) is 2.67. The predicted molar refractivity (Wildman–Crippen MR) is 161 cm³/mol. The molecule has 3 aromatic carbocycles. The smallest absolute Gasteiger partial charge is 0.252 e. The third kappa shape index (κ3) is 6.86. The Labute approximate surface area is 246 Å². The van der Waals surface area contributed by atoms with E-state index in [1.165, 1.54) is 0 Å². The molecule has 0 spiro atoms. The van der Waals surface area contributed by atoms with E-state index < -0.39 is 11.6 Å². The lowest BCUT2D eigenvalue weighted by atomic mass is 9.84. The van der Waals surface area contributed by atoms with E-state index >= 15 is 0 Å². The topological polar surface area (TPSA) is 108 Å². The average Bonchev–Trinajstić information content (AvgIpc) is 3.42. The minimum atomic E-state index is -1.29. The summed E-state index contributed by atoms with van der Waals surface area (Å²) in [6.45, 7) is 4.79. The number of ether oxygens (including phenoxy) is 5. The lowest BCUT2D eigenvalue weighted by Gasteiger charge is -2.30. The lowest BCUT2D eigenvalue weighted by molar-refractivity contribution is -0.128. The molecule has 0 radical (unpaired) electrons. The molecular weight excluding hydrogens is 536 g/mol. The highest BCUT2D eigenvalue weighted by Gasteiger charge is 2.52. The molecule has 222 valence electrons. The lowest BCUT2D eigenvalue weighted by Crippen LogP contribution is -2.48. The van der Waals surface area contributed by atoms with Crippen molar-refractivity contribution in [2.24, 2.45) is 4.99 Å². The van der Waals surface area contributed by atoms with Gasteiger partial charge in [-0.1, -0.05) is 24.3 Å². The number of methoxy groups -OCH3 is 3. The summed E-state index contributed by atoms with van der Waals surface area (Å²) in [4.78, 5) is 19.0. The number of aliphatic hydroxyl groups is 1. The number of nitrogens with zero attached hydrogens (tertiary/aromatic N) is 1. The van der Waals surface area contributed by atoms with Gasteiger partial charge in [0.15, 0.2) is 23.1 Å². The van der Waals surface area contributed by atoms with Crippen LogP contribution in [-0.2, 0) is 16.0 Å². The van der Waals surface area contributed by atoms with Crippen molar-refractivity contribution in [3.8, 4) is 23.0 Å². The Bertz CT molecular complexity index is 1390. The van der Waals surface area contributed by atoms with Gasteiger partial charge in [0.1, 0.15) is 11.5 Å². The zero-order valence-corrected chi connectivity index (χ0v) is 24.3. The van der Waals surface area contributed by atoms with Crippen LogP contribution in [0.3, 0.4) is 0 Å². The fourth-order valence-electron chi connectivity index (χ4n) is 4.85. The van der Waals surface area contributed by atoms with Gasteiger partial charge in [0.2, 0.25) is 5.90 Å². The molecule has 1 heterocycles. The number of benzene rings is 3. The molecule has 0 fully saturated rings. The maximum Gasteiger partial charge on any atom is 0.252 e. The Balaban J connectivity index is 1.61. The molecule has 0 saturated heterocycles. The minimum Gasteiger partial charge on any atom is -0.497 e. The highest BCUT2D eigenvalue weighted by atomic mass is 16.5. The molecule has 0 unspecified atom stereocenters. The second kappa shape index (κ2) is 14.4. The maximum atomic E-state index is 14.0. The predicted octanol–water partition coefficient (Wildman–Crippen LogP) is 4.67. The van der Waals surface area contributed by atoms with Crippen LogP contribution in [0.1, 0.15) is 35.6 Å². The van der Waals surface area contributed by atoms with Gasteiger partial charge in [-0.3, -0.25) is 4.79 Å². The van der Waals surface area contributed by atoms with Gasteiger partial charge >= 0.3 is 0 Å². The van der Waals surface area contributed by atoms with E-state index in [-0.39, 0.29) is 18.9 Å². The third-order valence-corrected chi connectivity index (χ3v) is 7.03. The number of carbonyl (C=O) groups excluding carboxylic acids is 1. The summed E-state index contributed by atoms with van der Waals surface area (Å²) in [7, 11) is 4.78. The Morgan fingerprint density at radius 3 is 2.50 bits per heavy atom. The Hall–Kier alpha value is -4.50. The van der Waals surface area contributed by atoms with E-state index in [2.05, 4.69) is 11.9 Å². The second-order valence-corrected chi connectivity index (χ2v) is 9.75. The molecule has 2 N–H and O–H groups in total. The van der Waals surface area contributed by atoms with Gasteiger partial charge in [-0.15, -0.1) is 6.58 Å². The fraction of sp³-hybridized carbons (Fsp3) is 0.333. The average molecular weight is 575 g/mol. The minimum absolute atomic E-state index is 0.0656. The van der Waals surface area contributed by atoms with E-state index in [1.54, 1.807) is 27.4 Å². The zero-order chi connectivity index (χ0) is 30.0. The highest BCUT2D eigenvalue weighted by Crippen LogP contribution is 2.43. The van der Waals surface area contributed by atoms with Gasteiger partial charge < -0.3 is 34.1 Å². The Morgan fingerprint density at radius 1 is 1.02 bits per heavy atom. The van der Waals surface area contributed by atoms with Crippen molar-refractivity contribution in [2.75, 3.05) is 41.1 Å². The van der Waals surface area contributed by atoms with Crippen molar-refractivity contribution in [1.82, 2.24) is 5.32 Å². The standard InChI is InChI=1S/C33H38N2O7/c1-5-17-33(32(37)34-18-16-23-10-15-28(39-3)29(21-23)40-4)30(25-8-6-9-27(22-25)38-2)42-31(35-33)24-11-13-26(14-12-24)41-20-7-19-36/h5-6,8-15,21-22,30,36H,1,7,16-20H2,2-4H3,(H,34,37)/t30-,33-/m1/s1. The van der Waals surface area contributed by atoms with Crippen LogP contribution < -0.4 is 24.3 Å². The van der Waals surface area contributed by atoms with Crippen LogP contribution in [-0.4, -0.2) is 63.5 Å². The van der Waals surface area contributed by atoms with E-state index in [4.69, 9.17) is 33.8 Å². The first kappa shape index (κ1) is 30.5. The first-order valence-electron chi connectivity index (χ1n) is 13.8. The summed E-state index contributed by atoms with van der Waals surface area (Å²) < 4.78 is 28.3. The normalized spacial score (nSPS) is 17.5. The van der Waals surface area contributed by atoms with Crippen LogP contribution in [0.25, 0.3) is 0 Å². The number of amides is 1. The van der Waals surface area contributed by atoms with Crippen molar-refractivity contribution in [2.45, 2.75) is 30.9 Å². The molecule has 0 saturated carbocycles. The van der Waals surface area contributed by atoms with Gasteiger partial charge in [0.25, 0.3) is 5.91 Å². The molecule has 4 rings (SSSR count). The van der Waals surface area contributed by atoms with Crippen LogP contribution >= 0.6 is 0 Å². The maximum absolute atomic E-state index is 14.0. The van der Waals surface area contributed by atoms with Crippen molar-refractivity contribution >= 4 is 11.8 Å². The molecular formula is C33H38N2O7. The van der Waals surface area contributed by atoms with Crippen LogP contribution in [0.2, 0.25) is 0 Å². The zero-order valence-electron chi connectivity index (χ0n) is 24.3. The molecule has 42 heavy (non-hydrogen) atoms. The molecule has 3 aromatic rings. The number of hydrogen-bond acceptors (Lipinski definition) is 8. The molecule has 1 amide bonds. The Morgan fingerprint density at radius 2 is 1.81 bits per heavy atom. The highest BCUT2D eigenvalue weighted by molar-refractivity contribution is 6.01. The SMILES string of the molecule is C=CC[C@@]1(C(=O)NCCc2ccc(OC)c(OC)c2)N=C(c2ccc(OCCCO)cc2)O[C@@H]1c1cccc(OC)c1. The summed E-state index contributed by atoms with van der Waals surface area (Å²) in [6.07, 6.45) is 2.35. The molecule has 0 bridgehead atoms. The van der Waals surface area contributed by atoms with Crippen molar-refractivity contribution in [3.63, 3.8) is 0 Å². The molecule has 0 aromatic heterocycles. The van der Waals surface area contributed by atoms with Gasteiger partial charge in [-0.05, 0) is 66.1 Å².